The number of nitrogens with zero attached hydrogens (tertiary/aromatic N) is 1. The average molecular weight is 277 g/mol. The van der Waals surface area contributed by atoms with Crippen molar-refractivity contribution in [2.24, 2.45) is 0 Å². The molecule has 0 saturated heterocycles. The van der Waals surface area contributed by atoms with Gasteiger partial charge in [-0.05, 0) is 25.1 Å². The minimum atomic E-state index is -1.13. The second-order valence-corrected chi connectivity index (χ2v) is 4.60. The van der Waals surface area contributed by atoms with Crippen molar-refractivity contribution in [2.75, 3.05) is 0 Å². The summed E-state index contributed by atoms with van der Waals surface area (Å²) >= 11 is 6.32. The number of aromatic amines is 1. The number of carboxylic acids is 1. The summed E-state index contributed by atoms with van der Waals surface area (Å²) in [5.41, 5.74) is 2.40. The fourth-order valence-corrected chi connectivity index (χ4v) is 2.31. The van der Waals surface area contributed by atoms with E-state index in [1.54, 1.807) is 6.07 Å². The van der Waals surface area contributed by atoms with E-state index < -0.39 is 5.97 Å². The van der Waals surface area contributed by atoms with Gasteiger partial charge in [-0.2, -0.15) is 0 Å². The molecule has 2 heterocycles. The van der Waals surface area contributed by atoms with Crippen LogP contribution in [0, 0.1) is 6.92 Å². The molecule has 2 N–H and O–H groups in total. The number of hydrogen-bond donors (Lipinski definition) is 2. The highest BCUT2D eigenvalue weighted by molar-refractivity contribution is 6.38. The molecule has 96 valence electrons. The Morgan fingerprint density at radius 1 is 1.42 bits per heavy atom. The van der Waals surface area contributed by atoms with E-state index in [0.29, 0.717) is 16.3 Å². The maximum absolute atomic E-state index is 10.8. The zero-order valence-electron chi connectivity index (χ0n) is 9.90. The molecule has 5 nitrogen and oxygen atoms in total. The maximum Gasteiger partial charge on any atom is 0.358 e. The minimum absolute atomic E-state index is 0.142. The maximum atomic E-state index is 10.8. The van der Waals surface area contributed by atoms with Crippen LogP contribution in [0.1, 0.15) is 16.2 Å². The number of carboxylic acid groups (broad SMARTS) is 1. The summed E-state index contributed by atoms with van der Waals surface area (Å²) in [5.74, 6) is -0.798. The van der Waals surface area contributed by atoms with Crippen LogP contribution < -0.4 is 0 Å². The average Bonchev–Trinajstić information content (AvgIpc) is 2.95. The lowest BCUT2D eigenvalue weighted by Gasteiger charge is -2.00. The third-order valence-electron chi connectivity index (χ3n) is 2.87. The summed E-state index contributed by atoms with van der Waals surface area (Å²) in [7, 11) is 0. The lowest BCUT2D eigenvalue weighted by Crippen LogP contribution is -1.94. The van der Waals surface area contributed by atoms with Crippen molar-refractivity contribution in [3.05, 3.63) is 40.7 Å². The Balaban J connectivity index is 2.18. The molecule has 0 aliphatic heterocycles. The second kappa shape index (κ2) is 4.13. The Labute approximate surface area is 112 Å². The van der Waals surface area contributed by atoms with E-state index in [-0.39, 0.29) is 5.69 Å². The van der Waals surface area contributed by atoms with Gasteiger partial charge < -0.3 is 14.6 Å². The quantitative estimate of drug-likeness (QED) is 0.751. The van der Waals surface area contributed by atoms with Crippen molar-refractivity contribution in [2.45, 2.75) is 6.92 Å². The molecular weight excluding hydrogens is 268 g/mol. The van der Waals surface area contributed by atoms with Crippen LogP contribution in [0.3, 0.4) is 0 Å². The molecule has 0 atom stereocenters. The molecule has 0 aliphatic rings. The van der Waals surface area contributed by atoms with E-state index in [9.17, 15) is 4.79 Å². The number of aromatic carboxylic acids is 1. The number of benzene rings is 1. The third-order valence-corrected chi connectivity index (χ3v) is 3.27. The highest BCUT2D eigenvalue weighted by Gasteiger charge is 2.16. The van der Waals surface area contributed by atoms with Crippen LogP contribution in [0.2, 0.25) is 5.02 Å². The molecule has 1 aromatic carbocycles. The number of H-pyrrole nitrogens is 1. The van der Waals surface area contributed by atoms with Crippen LogP contribution in [0.15, 0.2) is 28.8 Å². The predicted molar refractivity (Wildman–Crippen MR) is 70.5 cm³/mol. The topological polar surface area (TPSA) is 79.1 Å². The SMILES string of the molecule is Cc1cc2c(Cl)c(-c3cc(C(=O)O)no3)ccc2[nH]1. The van der Waals surface area contributed by atoms with Gasteiger partial charge in [-0.15, -0.1) is 0 Å². The van der Waals surface area contributed by atoms with Crippen molar-refractivity contribution >= 4 is 28.5 Å². The third kappa shape index (κ3) is 1.88. The summed E-state index contributed by atoms with van der Waals surface area (Å²) in [6.07, 6.45) is 0. The molecule has 0 aliphatic carbocycles. The molecule has 0 radical (unpaired) electrons. The van der Waals surface area contributed by atoms with Gasteiger partial charge in [0, 0.05) is 28.2 Å². The number of carbonyl (C=O) groups is 1. The molecule has 0 bridgehead atoms. The first-order valence-electron chi connectivity index (χ1n) is 5.54. The first-order chi connectivity index (χ1) is 9.06. The lowest BCUT2D eigenvalue weighted by atomic mass is 10.1. The molecular formula is C13H9ClN2O3. The molecule has 0 fully saturated rings. The number of aryl methyl sites for hydroxylation is 1. The van der Waals surface area contributed by atoms with Gasteiger partial charge >= 0.3 is 5.97 Å². The number of nitrogens with one attached hydrogen (secondary N) is 1. The summed E-state index contributed by atoms with van der Waals surface area (Å²) in [5, 5.41) is 13.7. The highest BCUT2D eigenvalue weighted by atomic mass is 35.5. The normalized spacial score (nSPS) is 11.1. The van der Waals surface area contributed by atoms with E-state index in [4.69, 9.17) is 21.2 Å². The first kappa shape index (κ1) is 11.8. The Morgan fingerprint density at radius 2 is 2.21 bits per heavy atom. The summed E-state index contributed by atoms with van der Waals surface area (Å²) < 4.78 is 5.02. The highest BCUT2D eigenvalue weighted by Crippen LogP contribution is 2.34. The van der Waals surface area contributed by atoms with Crippen LogP contribution >= 0.6 is 11.6 Å². The van der Waals surface area contributed by atoms with Gasteiger partial charge in [0.2, 0.25) is 0 Å². The predicted octanol–water partition coefficient (Wildman–Crippen LogP) is 3.48. The van der Waals surface area contributed by atoms with Crippen LogP contribution in [0.5, 0.6) is 0 Å². The van der Waals surface area contributed by atoms with Crippen LogP contribution in [0.4, 0.5) is 0 Å². The number of halogens is 1. The van der Waals surface area contributed by atoms with Crippen molar-refractivity contribution < 1.29 is 14.4 Å². The fraction of sp³-hybridized carbons (Fsp3) is 0.0769. The van der Waals surface area contributed by atoms with Crippen molar-refractivity contribution in [1.29, 1.82) is 0 Å². The van der Waals surface area contributed by atoms with Crippen molar-refractivity contribution in [1.82, 2.24) is 10.1 Å². The van der Waals surface area contributed by atoms with Gasteiger partial charge in [0.05, 0.1) is 5.02 Å². The zero-order chi connectivity index (χ0) is 13.6. The number of aromatic nitrogens is 2. The molecule has 2 aromatic heterocycles. The van der Waals surface area contributed by atoms with Gasteiger partial charge in [-0.25, -0.2) is 4.79 Å². The van der Waals surface area contributed by atoms with Gasteiger partial charge in [-0.1, -0.05) is 16.8 Å². The lowest BCUT2D eigenvalue weighted by molar-refractivity contribution is 0.0686. The molecule has 0 amide bonds. The van der Waals surface area contributed by atoms with Crippen LogP contribution in [-0.2, 0) is 0 Å². The van der Waals surface area contributed by atoms with Crippen molar-refractivity contribution in [3.63, 3.8) is 0 Å². The van der Waals surface area contributed by atoms with Gasteiger partial charge in [0.1, 0.15) is 0 Å². The minimum Gasteiger partial charge on any atom is -0.476 e. The fourth-order valence-electron chi connectivity index (χ4n) is 2.00. The Hall–Kier alpha value is -2.27. The van der Waals surface area contributed by atoms with E-state index in [0.717, 1.165) is 16.6 Å². The number of fused-ring (bicyclic) bond motifs is 1. The van der Waals surface area contributed by atoms with Crippen LogP contribution in [0.25, 0.3) is 22.2 Å². The van der Waals surface area contributed by atoms with E-state index in [1.165, 1.54) is 6.07 Å². The molecule has 19 heavy (non-hydrogen) atoms. The Bertz CT molecular complexity index is 788. The molecule has 0 saturated carbocycles. The number of hydrogen-bond acceptors (Lipinski definition) is 3. The summed E-state index contributed by atoms with van der Waals surface area (Å²) in [4.78, 5) is 14.0. The Morgan fingerprint density at radius 3 is 2.89 bits per heavy atom. The summed E-state index contributed by atoms with van der Waals surface area (Å²) in [6, 6.07) is 6.92. The smallest absolute Gasteiger partial charge is 0.358 e. The zero-order valence-corrected chi connectivity index (χ0v) is 10.7. The molecule has 3 aromatic rings. The number of rotatable bonds is 2. The first-order valence-corrected chi connectivity index (χ1v) is 5.92. The standard InChI is InChI=1S/C13H9ClN2O3/c1-6-4-8-9(15-6)3-2-7(12(8)14)11-5-10(13(17)18)16-19-11/h2-5,15H,1H3,(H,17,18). The van der Waals surface area contributed by atoms with Crippen molar-refractivity contribution in [3.8, 4) is 11.3 Å². The molecule has 0 unspecified atom stereocenters. The van der Waals surface area contributed by atoms with Gasteiger partial charge in [-0.3, -0.25) is 0 Å². The van der Waals surface area contributed by atoms with E-state index >= 15 is 0 Å². The van der Waals surface area contributed by atoms with Gasteiger partial charge in [0.15, 0.2) is 11.5 Å². The van der Waals surface area contributed by atoms with Crippen LogP contribution in [-0.4, -0.2) is 21.2 Å². The van der Waals surface area contributed by atoms with Gasteiger partial charge in [0.25, 0.3) is 0 Å². The summed E-state index contributed by atoms with van der Waals surface area (Å²) in [6.45, 7) is 1.94. The second-order valence-electron chi connectivity index (χ2n) is 4.22. The molecule has 3 rings (SSSR count). The molecule has 0 spiro atoms. The molecule has 6 heteroatoms. The monoisotopic (exact) mass is 276 g/mol. The van der Waals surface area contributed by atoms with E-state index in [1.807, 2.05) is 19.1 Å². The Kier molecular flexibility index (Phi) is 2.57. The largest absolute Gasteiger partial charge is 0.476 e. The van der Waals surface area contributed by atoms with E-state index in [2.05, 4.69) is 10.1 Å².